The third-order valence-electron chi connectivity index (χ3n) is 5.53. The van der Waals surface area contributed by atoms with Gasteiger partial charge >= 0.3 is 0 Å². The summed E-state index contributed by atoms with van der Waals surface area (Å²) >= 11 is 0. The Morgan fingerprint density at radius 2 is 1.74 bits per heavy atom. The molecule has 1 unspecified atom stereocenters. The minimum atomic E-state index is 0.177. The standard InChI is InChI=1S/C22H29N/c1-6-18-14-10-11-16(2)21(18)23-17(3)20(15-22(23,4)5)19-12-8-7-9-13-19/h7-14,17,20H,6,15H2,1-5H3/t17-,20?/m0/s1. The van der Waals surface area contributed by atoms with E-state index in [0.29, 0.717) is 12.0 Å². The third-order valence-corrected chi connectivity index (χ3v) is 5.53. The molecule has 0 amide bonds. The first-order chi connectivity index (χ1) is 11.0. The van der Waals surface area contributed by atoms with E-state index in [9.17, 15) is 0 Å². The molecule has 0 saturated carbocycles. The third kappa shape index (κ3) is 2.78. The van der Waals surface area contributed by atoms with Crippen LogP contribution in [0, 0.1) is 6.92 Å². The van der Waals surface area contributed by atoms with Crippen LogP contribution >= 0.6 is 0 Å². The molecule has 0 N–H and O–H groups in total. The van der Waals surface area contributed by atoms with Crippen LogP contribution < -0.4 is 4.90 Å². The molecular formula is C22H29N. The highest BCUT2D eigenvalue weighted by Crippen LogP contribution is 2.47. The summed E-state index contributed by atoms with van der Waals surface area (Å²) in [6, 6.07) is 18.3. The van der Waals surface area contributed by atoms with Crippen LogP contribution in [0.1, 0.15) is 56.7 Å². The minimum Gasteiger partial charge on any atom is -0.363 e. The van der Waals surface area contributed by atoms with Gasteiger partial charge in [-0.25, -0.2) is 0 Å². The highest BCUT2D eigenvalue weighted by molar-refractivity contribution is 5.63. The number of rotatable bonds is 3. The molecule has 0 aromatic heterocycles. The topological polar surface area (TPSA) is 3.24 Å². The zero-order chi connectivity index (χ0) is 16.6. The Balaban J connectivity index is 2.06. The molecule has 0 bridgehead atoms. The molecule has 2 aromatic carbocycles. The summed E-state index contributed by atoms with van der Waals surface area (Å²) in [5.74, 6) is 0.593. The number of hydrogen-bond acceptors (Lipinski definition) is 1. The largest absolute Gasteiger partial charge is 0.363 e. The van der Waals surface area contributed by atoms with Crippen LogP contribution in [0.25, 0.3) is 0 Å². The fraction of sp³-hybridized carbons (Fsp3) is 0.455. The smallest absolute Gasteiger partial charge is 0.0435 e. The van der Waals surface area contributed by atoms with Crippen molar-refractivity contribution in [1.82, 2.24) is 0 Å². The van der Waals surface area contributed by atoms with E-state index < -0.39 is 0 Å². The van der Waals surface area contributed by atoms with E-state index in [4.69, 9.17) is 0 Å². The first-order valence-electron chi connectivity index (χ1n) is 8.88. The van der Waals surface area contributed by atoms with E-state index in [-0.39, 0.29) is 5.54 Å². The quantitative estimate of drug-likeness (QED) is 0.701. The molecule has 1 fully saturated rings. The van der Waals surface area contributed by atoms with Crippen LogP contribution in [-0.2, 0) is 6.42 Å². The lowest BCUT2D eigenvalue weighted by Crippen LogP contribution is -2.43. The number of aryl methyl sites for hydroxylation is 2. The average Bonchev–Trinajstić information content (AvgIpc) is 2.78. The monoisotopic (exact) mass is 307 g/mol. The molecule has 2 atom stereocenters. The first-order valence-corrected chi connectivity index (χ1v) is 8.88. The predicted octanol–water partition coefficient (Wildman–Crippen LogP) is 5.72. The lowest BCUT2D eigenvalue weighted by atomic mass is 9.88. The summed E-state index contributed by atoms with van der Waals surface area (Å²) in [4.78, 5) is 2.69. The zero-order valence-electron chi connectivity index (χ0n) is 15.1. The molecule has 3 rings (SSSR count). The van der Waals surface area contributed by atoms with Crippen molar-refractivity contribution in [2.75, 3.05) is 4.90 Å². The molecule has 0 radical (unpaired) electrons. The highest BCUT2D eigenvalue weighted by Gasteiger charge is 2.45. The van der Waals surface area contributed by atoms with Crippen LogP contribution in [0.15, 0.2) is 48.5 Å². The molecule has 1 nitrogen and oxygen atoms in total. The van der Waals surface area contributed by atoms with Gasteiger partial charge in [-0.3, -0.25) is 0 Å². The van der Waals surface area contributed by atoms with Crippen LogP contribution in [0.4, 0.5) is 5.69 Å². The zero-order valence-corrected chi connectivity index (χ0v) is 15.1. The lowest BCUT2D eigenvalue weighted by molar-refractivity contribution is 0.501. The van der Waals surface area contributed by atoms with E-state index in [1.54, 1.807) is 0 Å². The van der Waals surface area contributed by atoms with E-state index in [1.807, 2.05) is 0 Å². The fourth-order valence-corrected chi connectivity index (χ4v) is 4.49. The van der Waals surface area contributed by atoms with Crippen LogP contribution in [0.5, 0.6) is 0 Å². The van der Waals surface area contributed by atoms with Gasteiger partial charge < -0.3 is 4.90 Å². The number of benzene rings is 2. The van der Waals surface area contributed by atoms with Gasteiger partial charge in [0.2, 0.25) is 0 Å². The Kier molecular flexibility index (Phi) is 4.23. The molecule has 23 heavy (non-hydrogen) atoms. The molecule has 2 aromatic rings. The van der Waals surface area contributed by atoms with Crippen molar-refractivity contribution in [3.63, 3.8) is 0 Å². The van der Waals surface area contributed by atoms with E-state index in [0.717, 1.165) is 6.42 Å². The van der Waals surface area contributed by atoms with Crippen molar-refractivity contribution in [2.45, 2.75) is 65.0 Å². The molecule has 1 aliphatic heterocycles. The van der Waals surface area contributed by atoms with Gasteiger partial charge in [-0.1, -0.05) is 55.5 Å². The molecule has 0 aliphatic carbocycles. The van der Waals surface area contributed by atoms with Gasteiger partial charge in [-0.05, 0) is 57.2 Å². The second-order valence-electron chi connectivity index (χ2n) is 7.58. The normalized spacial score (nSPS) is 23.3. The summed E-state index contributed by atoms with van der Waals surface area (Å²) in [6.45, 7) is 11.7. The molecule has 122 valence electrons. The summed E-state index contributed by atoms with van der Waals surface area (Å²) in [5, 5.41) is 0. The Labute approximate surface area is 141 Å². The predicted molar refractivity (Wildman–Crippen MR) is 100 cm³/mol. The van der Waals surface area contributed by atoms with Gasteiger partial charge in [0.1, 0.15) is 0 Å². The molecular weight excluding hydrogens is 278 g/mol. The maximum atomic E-state index is 2.69. The second-order valence-corrected chi connectivity index (χ2v) is 7.58. The second kappa shape index (κ2) is 6.03. The van der Waals surface area contributed by atoms with Crippen molar-refractivity contribution in [3.8, 4) is 0 Å². The summed E-state index contributed by atoms with van der Waals surface area (Å²) in [7, 11) is 0. The first kappa shape index (κ1) is 16.1. The Morgan fingerprint density at radius 3 is 2.39 bits per heavy atom. The number of nitrogens with zero attached hydrogens (tertiary/aromatic N) is 1. The van der Waals surface area contributed by atoms with Crippen LogP contribution in [0.3, 0.4) is 0 Å². The Bertz CT molecular complexity index is 672. The van der Waals surface area contributed by atoms with E-state index >= 15 is 0 Å². The summed E-state index contributed by atoms with van der Waals surface area (Å²) in [6.07, 6.45) is 2.29. The molecule has 1 heterocycles. The van der Waals surface area contributed by atoms with Gasteiger partial charge in [0.25, 0.3) is 0 Å². The number of anilines is 1. The van der Waals surface area contributed by atoms with Crippen molar-refractivity contribution in [2.24, 2.45) is 0 Å². The maximum absolute atomic E-state index is 2.69. The Hall–Kier alpha value is -1.76. The van der Waals surface area contributed by atoms with Gasteiger partial charge in [-0.2, -0.15) is 0 Å². The van der Waals surface area contributed by atoms with Crippen LogP contribution in [-0.4, -0.2) is 11.6 Å². The number of hydrogen-bond donors (Lipinski definition) is 0. The van der Waals surface area contributed by atoms with Gasteiger partial charge in [0, 0.05) is 23.2 Å². The van der Waals surface area contributed by atoms with Gasteiger partial charge in [0.15, 0.2) is 0 Å². The fourth-order valence-electron chi connectivity index (χ4n) is 4.49. The highest BCUT2D eigenvalue weighted by atomic mass is 15.3. The molecule has 1 saturated heterocycles. The molecule has 1 aliphatic rings. The SMILES string of the molecule is CCc1cccc(C)c1N1[C@@H](C)C(c2ccccc2)CC1(C)C. The van der Waals surface area contributed by atoms with Gasteiger partial charge in [0.05, 0.1) is 0 Å². The van der Waals surface area contributed by atoms with Crippen molar-refractivity contribution in [3.05, 3.63) is 65.2 Å². The number of para-hydroxylation sites is 1. The van der Waals surface area contributed by atoms with E-state index in [1.165, 1.54) is 28.8 Å². The van der Waals surface area contributed by atoms with E-state index in [2.05, 4.69) is 88.0 Å². The molecule has 1 heteroatoms. The van der Waals surface area contributed by atoms with Crippen LogP contribution in [0.2, 0.25) is 0 Å². The van der Waals surface area contributed by atoms with Gasteiger partial charge in [-0.15, -0.1) is 0 Å². The van der Waals surface area contributed by atoms with Crippen molar-refractivity contribution >= 4 is 5.69 Å². The average molecular weight is 307 g/mol. The van der Waals surface area contributed by atoms with Crippen molar-refractivity contribution in [1.29, 1.82) is 0 Å². The lowest BCUT2D eigenvalue weighted by Gasteiger charge is -2.39. The summed E-state index contributed by atoms with van der Waals surface area (Å²) < 4.78 is 0. The maximum Gasteiger partial charge on any atom is 0.0435 e. The summed E-state index contributed by atoms with van der Waals surface area (Å²) in [5.41, 5.74) is 5.99. The van der Waals surface area contributed by atoms with Crippen molar-refractivity contribution < 1.29 is 0 Å². The molecule has 0 spiro atoms. The minimum absolute atomic E-state index is 0.177. The Morgan fingerprint density at radius 1 is 1.04 bits per heavy atom.